The number of carbonyl (C=O) groups is 2. The molecule has 6 rings (SSSR count). The molecule has 1 fully saturated rings. The van der Waals surface area contributed by atoms with Crippen LogP contribution in [0.2, 0.25) is 0 Å². The molecule has 1 amide bonds. The second-order valence-electron chi connectivity index (χ2n) is 10.6. The molecule has 3 heterocycles. The molecular formula is C33H33N7O5S. The van der Waals surface area contributed by atoms with Crippen molar-refractivity contribution in [2.24, 2.45) is 0 Å². The van der Waals surface area contributed by atoms with Gasteiger partial charge in [-0.05, 0) is 54.8 Å². The first-order valence-corrected chi connectivity index (χ1v) is 15.5. The second-order valence-corrected chi connectivity index (χ2v) is 11.6. The van der Waals surface area contributed by atoms with Crippen LogP contribution in [0.15, 0.2) is 67.0 Å². The highest BCUT2D eigenvalue weighted by Gasteiger charge is 2.21. The molecule has 0 radical (unpaired) electrons. The van der Waals surface area contributed by atoms with Gasteiger partial charge in [0.15, 0.2) is 16.6 Å². The molecule has 2 aromatic carbocycles. The van der Waals surface area contributed by atoms with E-state index >= 15 is 0 Å². The van der Waals surface area contributed by atoms with Crippen molar-refractivity contribution in [2.45, 2.75) is 51.6 Å². The number of carboxylic acid groups (broad SMARTS) is 1. The number of rotatable bonds is 9. The Hall–Kier alpha value is -5.48. The summed E-state index contributed by atoms with van der Waals surface area (Å²) in [5, 5.41) is 20.4. The van der Waals surface area contributed by atoms with Crippen LogP contribution in [0.25, 0.3) is 15.9 Å². The minimum Gasteiger partial charge on any atom is -0.497 e. The van der Waals surface area contributed by atoms with E-state index in [9.17, 15) is 4.79 Å². The van der Waals surface area contributed by atoms with Crippen LogP contribution < -0.4 is 20.1 Å². The van der Waals surface area contributed by atoms with E-state index in [1.807, 2.05) is 35.0 Å². The lowest BCUT2D eigenvalue weighted by Gasteiger charge is -2.22. The predicted molar refractivity (Wildman–Crippen MR) is 176 cm³/mol. The number of methoxy groups -OCH3 is 1. The molecule has 0 atom stereocenters. The molecule has 0 aliphatic heterocycles. The largest absolute Gasteiger partial charge is 0.497 e. The average molecular weight is 640 g/mol. The number of ether oxygens (including phenoxy) is 2. The highest BCUT2D eigenvalue weighted by atomic mass is 32.1. The highest BCUT2D eigenvalue weighted by Crippen LogP contribution is 2.36. The number of thiazole rings is 1. The predicted octanol–water partition coefficient (Wildman–Crippen LogP) is 7.38. The van der Waals surface area contributed by atoms with Crippen LogP contribution in [0, 0.1) is 6.57 Å². The maximum Gasteiger partial charge on any atom is 0.300 e. The van der Waals surface area contributed by atoms with Gasteiger partial charge in [0, 0.05) is 37.0 Å². The molecule has 12 nitrogen and oxygen atoms in total. The van der Waals surface area contributed by atoms with Crippen LogP contribution >= 0.6 is 11.3 Å². The minimum atomic E-state index is -0.833. The number of anilines is 2. The fraction of sp³-hybridized carbons (Fsp3) is 0.273. The minimum absolute atomic E-state index is 0.308. The Labute approximate surface area is 269 Å². The third-order valence-electron chi connectivity index (χ3n) is 7.20. The molecule has 0 unspecified atom stereocenters. The fourth-order valence-corrected chi connectivity index (χ4v) is 5.65. The van der Waals surface area contributed by atoms with Gasteiger partial charge < -0.3 is 19.9 Å². The molecule has 3 N–H and O–H groups in total. The summed E-state index contributed by atoms with van der Waals surface area (Å²) in [6.45, 7) is 8.69. The van der Waals surface area contributed by atoms with Gasteiger partial charge in [0.25, 0.3) is 16.9 Å². The number of fused-ring (bicyclic) bond motifs is 1. The summed E-state index contributed by atoms with van der Waals surface area (Å²) in [5.41, 5.74) is 2.25. The molecule has 1 saturated carbocycles. The Morgan fingerprint density at radius 1 is 1.04 bits per heavy atom. The number of benzene rings is 2. The topological polar surface area (TPSA) is 145 Å². The third kappa shape index (κ3) is 8.16. The first-order chi connectivity index (χ1) is 22.3. The van der Waals surface area contributed by atoms with E-state index in [2.05, 4.69) is 20.5 Å². The number of aliphatic carboxylic acids is 1. The van der Waals surface area contributed by atoms with Gasteiger partial charge in [-0.2, -0.15) is 5.10 Å². The Balaban J connectivity index is 0.000000985. The van der Waals surface area contributed by atoms with Crippen molar-refractivity contribution in [1.29, 1.82) is 0 Å². The zero-order chi connectivity index (χ0) is 32.5. The molecule has 236 valence electrons. The van der Waals surface area contributed by atoms with E-state index in [1.165, 1.54) is 25.5 Å². The van der Waals surface area contributed by atoms with Crippen molar-refractivity contribution < 1.29 is 24.2 Å². The molecule has 5 aromatic rings. The molecule has 3 aromatic heterocycles. The van der Waals surface area contributed by atoms with Crippen molar-refractivity contribution in [3.63, 3.8) is 0 Å². The number of carboxylic acids is 1. The summed E-state index contributed by atoms with van der Waals surface area (Å²) in [5.74, 6) is 1.63. The van der Waals surface area contributed by atoms with E-state index in [1.54, 1.807) is 37.6 Å². The monoisotopic (exact) mass is 639 g/mol. The Kier molecular flexibility index (Phi) is 10.4. The van der Waals surface area contributed by atoms with E-state index in [0.29, 0.717) is 39.8 Å². The molecule has 0 saturated heterocycles. The molecule has 0 bridgehead atoms. The highest BCUT2D eigenvalue weighted by molar-refractivity contribution is 7.19. The van der Waals surface area contributed by atoms with Gasteiger partial charge in [-0.15, -0.1) is 11.3 Å². The van der Waals surface area contributed by atoms with Crippen LogP contribution in [0.1, 0.15) is 54.9 Å². The number of hydrogen-bond donors (Lipinski definition) is 3. The third-order valence-corrected chi connectivity index (χ3v) is 8.01. The molecule has 46 heavy (non-hydrogen) atoms. The molecule has 1 aliphatic rings. The van der Waals surface area contributed by atoms with Crippen molar-refractivity contribution in [1.82, 2.24) is 19.7 Å². The van der Waals surface area contributed by atoms with Crippen molar-refractivity contribution in [2.75, 3.05) is 17.7 Å². The summed E-state index contributed by atoms with van der Waals surface area (Å²) in [4.78, 5) is 33.8. The lowest BCUT2D eigenvalue weighted by atomic mass is 9.95. The summed E-state index contributed by atoms with van der Waals surface area (Å²) in [6, 6.07) is 17.0. The van der Waals surface area contributed by atoms with Gasteiger partial charge >= 0.3 is 0 Å². The van der Waals surface area contributed by atoms with E-state index in [0.717, 1.165) is 59.3 Å². The number of carbonyl (C=O) groups excluding carboxylic acids is 1. The van der Waals surface area contributed by atoms with Gasteiger partial charge in [-0.1, -0.05) is 31.4 Å². The van der Waals surface area contributed by atoms with Gasteiger partial charge in [0.2, 0.25) is 0 Å². The maximum atomic E-state index is 12.7. The number of aromatic nitrogens is 4. The molecule has 13 heteroatoms. The van der Waals surface area contributed by atoms with Crippen molar-refractivity contribution in [3.05, 3.63) is 89.5 Å². The molecule has 1 aliphatic carbocycles. The lowest BCUT2D eigenvalue weighted by Crippen LogP contribution is -2.22. The van der Waals surface area contributed by atoms with Crippen molar-refractivity contribution in [3.8, 4) is 17.2 Å². The van der Waals surface area contributed by atoms with Gasteiger partial charge in [0.1, 0.15) is 22.6 Å². The molecule has 0 spiro atoms. The second kappa shape index (κ2) is 15.0. The summed E-state index contributed by atoms with van der Waals surface area (Å²) >= 11 is 1.13. The Morgan fingerprint density at radius 2 is 1.74 bits per heavy atom. The van der Waals surface area contributed by atoms with E-state index in [4.69, 9.17) is 36.0 Å². The maximum absolute atomic E-state index is 12.7. The van der Waals surface area contributed by atoms with Gasteiger partial charge in [-0.3, -0.25) is 14.9 Å². The van der Waals surface area contributed by atoms with Gasteiger partial charge in [0.05, 0.1) is 20.2 Å². The Morgan fingerprint density at radius 3 is 2.39 bits per heavy atom. The SMILES string of the molecule is CC(=O)O.[C-]#[N+]c1cnc(NC(=O)c2ccc(Oc3ccnc4c3c(NC3CCCCC3)nn4Cc3ccc(OC)cc3)cc2)s1. The van der Waals surface area contributed by atoms with Crippen LogP contribution in [0.5, 0.6) is 17.2 Å². The summed E-state index contributed by atoms with van der Waals surface area (Å²) < 4.78 is 13.6. The number of nitrogens with zero attached hydrogens (tertiary/aromatic N) is 5. The smallest absolute Gasteiger partial charge is 0.300 e. The normalized spacial score (nSPS) is 12.8. The molecular weight excluding hydrogens is 606 g/mol. The summed E-state index contributed by atoms with van der Waals surface area (Å²) in [7, 11) is 1.66. The van der Waals surface area contributed by atoms with Crippen LogP contribution in [-0.2, 0) is 11.3 Å². The number of amides is 1. The van der Waals surface area contributed by atoms with Crippen LogP contribution in [0.3, 0.4) is 0 Å². The van der Waals surface area contributed by atoms with Crippen LogP contribution in [0.4, 0.5) is 16.0 Å². The van der Waals surface area contributed by atoms with E-state index < -0.39 is 5.97 Å². The zero-order valence-electron chi connectivity index (χ0n) is 25.4. The summed E-state index contributed by atoms with van der Waals surface area (Å²) in [6.07, 6.45) is 9.04. The van der Waals surface area contributed by atoms with Crippen molar-refractivity contribution >= 4 is 50.2 Å². The van der Waals surface area contributed by atoms with Gasteiger partial charge in [-0.25, -0.2) is 19.5 Å². The standard InChI is InChI=1S/C31H29N7O3S.C2H4O2/c1-32-26-18-34-31(42-26)36-30(39)21-10-14-24(15-11-21)41-25-16-17-33-29-27(25)28(35-22-6-4-3-5-7-22)37-38(29)19-20-8-12-23(40-2)13-9-20;1-2(3)4/h8-18,22H,3-7,19H2,2H3,(H,35,37)(H,34,36,39);1H3,(H,3,4). The first-order valence-electron chi connectivity index (χ1n) is 14.7. The Bertz CT molecular complexity index is 1840. The fourth-order valence-electron chi connectivity index (χ4n) is 5.06. The lowest BCUT2D eigenvalue weighted by molar-refractivity contribution is -0.134. The number of hydrogen-bond acceptors (Lipinski definition) is 9. The quantitative estimate of drug-likeness (QED) is 0.141. The van der Waals surface area contributed by atoms with E-state index in [-0.39, 0.29) is 5.91 Å². The zero-order valence-corrected chi connectivity index (χ0v) is 26.2. The number of nitrogens with one attached hydrogen (secondary N) is 2. The van der Waals surface area contributed by atoms with Crippen LogP contribution in [-0.4, -0.2) is 49.9 Å². The number of pyridine rings is 1. The average Bonchev–Trinajstić information content (AvgIpc) is 3.66. The first kappa shape index (κ1) is 31.9.